The largest absolute Gasteiger partial charge is 0.362 e. The monoisotopic (exact) mass is 408 g/mol. The molecule has 0 spiro atoms. The number of benzene rings is 1. The number of nitro groups is 1. The smallest absolute Gasteiger partial charge is 0.294 e. The highest BCUT2D eigenvalue weighted by Crippen LogP contribution is 2.31. The van der Waals surface area contributed by atoms with Gasteiger partial charge >= 0.3 is 0 Å². The van der Waals surface area contributed by atoms with Gasteiger partial charge in [-0.3, -0.25) is 19.7 Å². The van der Waals surface area contributed by atoms with Crippen LogP contribution >= 0.6 is 22.9 Å². The molecule has 1 aromatic heterocycles. The maximum absolute atomic E-state index is 12.3. The lowest BCUT2D eigenvalue weighted by Gasteiger charge is -2.35. The average Bonchev–Trinajstić information content (AvgIpc) is 3.21. The SMILES string of the molecule is O=C(NCC(=O)N1CCN(c2ccc(Cl)cc2[N+](=O)[O-])CC1)c1ccsc1. The standard InChI is InChI=1S/C17H17ClN4O4S/c18-13-1-2-14(15(9-13)22(25)26)20-4-6-21(7-5-20)16(23)10-19-17(24)12-3-8-27-11-12/h1-3,8-9,11H,4-7,10H2,(H,19,24). The van der Waals surface area contributed by atoms with Gasteiger partial charge in [0.1, 0.15) is 5.69 Å². The van der Waals surface area contributed by atoms with Gasteiger partial charge in [-0.2, -0.15) is 11.3 Å². The van der Waals surface area contributed by atoms with Crippen LogP contribution in [0.1, 0.15) is 10.4 Å². The van der Waals surface area contributed by atoms with Crippen LogP contribution in [-0.2, 0) is 4.79 Å². The molecule has 1 aromatic carbocycles. The number of nitrogens with zero attached hydrogens (tertiary/aromatic N) is 3. The molecular formula is C17H17ClN4O4S. The first-order chi connectivity index (χ1) is 13.0. The zero-order chi connectivity index (χ0) is 19.4. The Labute approximate surface area is 164 Å². The predicted molar refractivity (Wildman–Crippen MR) is 104 cm³/mol. The quantitative estimate of drug-likeness (QED) is 0.605. The van der Waals surface area contributed by atoms with E-state index in [2.05, 4.69) is 5.32 Å². The van der Waals surface area contributed by atoms with E-state index in [0.717, 1.165) is 0 Å². The zero-order valence-electron chi connectivity index (χ0n) is 14.3. The van der Waals surface area contributed by atoms with Crippen molar-refractivity contribution in [1.82, 2.24) is 10.2 Å². The lowest BCUT2D eigenvalue weighted by Crippen LogP contribution is -2.51. The van der Waals surface area contributed by atoms with Crippen LogP contribution in [-0.4, -0.2) is 54.4 Å². The maximum Gasteiger partial charge on any atom is 0.294 e. The summed E-state index contributed by atoms with van der Waals surface area (Å²) in [5.74, 6) is -0.455. The Morgan fingerprint density at radius 3 is 2.59 bits per heavy atom. The van der Waals surface area contributed by atoms with Gasteiger partial charge < -0.3 is 15.1 Å². The van der Waals surface area contributed by atoms with Gasteiger partial charge in [0.15, 0.2) is 0 Å². The van der Waals surface area contributed by atoms with Crippen molar-refractivity contribution in [3.05, 3.63) is 55.7 Å². The maximum atomic E-state index is 12.3. The lowest BCUT2D eigenvalue weighted by molar-refractivity contribution is -0.384. The van der Waals surface area contributed by atoms with Crippen LogP contribution in [0.25, 0.3) is 0 Å². The minimum Gasteiger partial charge on any atom is -0.362 e. The first-order valence-corrected chi connectivity index (χ1v) is 9.55. The first-order valence-electron chi connectivity index (χ1n) is 8.23. The molecule has 2 amide bonds. The van der Waals surface area contributed by atoms with E-state index < -0.39 is 4.92 Å². The number of nitro benzene ring substituents is 1. The molecule has 0 aliphatic carbocycles. The van der Waals surface area contributed by atoms with E-state index in [1.165, 1.54) is 17.4 Å². The van der Waals surface area contributed by atoms with E-state index in [1.807, 2.05) is 4.90 Å². The summed E-state index contributed by atoms with van der Waals surface area (Å²) in [6.07, 6.45) is 0. The number of anilines is 1. The van der Waals surface area contributed by atoms with E-state index in [0.29, 0.717) is 42.5 Å². The normalized spacial score (nSPS) is 14.1. The summed E-state index contributed by atoms with van der Waals surface area (Å²) >= 11 is 7.27. The van der Waals surface area contributed by atoms with Crippen molar-refractivity contribution in [2.45, 2.75) is 0 Å². The summed E-state index contributed by atoms with van der Waals surface area (Å²) in [7, 11) is 0. The summed E-state index contributed by atoms with van der Waals surface area (Å²) < 4.78 is 0. The molecule has 8 nitrogen and oxygen atoms in total. The Balaban J connectivity index is 1.55. The van der Waals surface area contributed by atoms with Crippen LogP contribution in [0.5, 0.6) is 0 Å². The molecule has 0 atom stereocenters. The van der Waals surface area contributed by atoms with Crippen LogP contribution in [0.4, 0.5) is 11.4 Å². The number of hydrogen-bond acceptors (Lipinski definition) is 6. The summed E-state index contributed by atoms with van der Waals surface area (Å²) in [4.78, 5) is 38.5. The van der Waals surface area contributed by atoms with Crippen molar-refractivity contribution in [2.75, 3.05) is 37.6 Å². The molecule has 0 saturated carbocycles. The molecule has 0 unspecified atom stereocenters. The fourth-order valence-electron chi connectivity index (χ4n) is 2.87. The van der Waals surface area contributed by atoms with Gasteiger partial charge in [0.25, 0.3) is 11.6 Å². The zero-order valence-corrected chi connectivity index (χ0v) is 15.8. The second-order valence-corrected chi connectivity index (χ2v) is 7.17. The highest BCUT2D eigenvalue weighted by molar-refractivity contribution is 7.08. The van der Waals surface area contributed by atoms with Crippen molar-refractivity contribution in [1.29, 1.82) is 0 Å². The number of halogens is 1. The van der Waals surface area contributed by atoms with Crippen LogP contribution < -0.4 is 10.2 Å². The van der Waals surface area contributed by atoms with E-state index in [1.54, 1.807) is 33.9 Å². The number of rotatable bonds is 5. The van der Waals surface area contributed by atoms with Crippen LogP contribution in [0.3, 0.4) is 0 Å². The lowest BCUT2D eigenvalue weighted by atomic mass is 10.2. The Kier molecular flexibility index (Phi) is 5.92. The van der Waals surface area contributed by atoms with E-state index in [-0.39, 0.29) is 24.0 Å². The molecule has 10 heteroatoms. The number of carbonyl (C=O) groups excluding carboxylic acids is 2. The number of hydrogen-bond donors (Lipinski definition) is 1. The van der Waals surface area contributed by atoms with Gasteiger partial charge in [-0.25, -0.2) is 0 Å². The average molecular weight is 409 g/mol. The minimum atomic E-state index is -0.460. The summed E-state index contributed by atoms with van der Waals surface area (Å²) in [5, 5.41) is 17.7. The van der Waals surface area contributed by atoms with Gasteiger partial charge in [0, 0.05) is 48.2 Å². The number of nitrogens with one attached hydrogen (secondary N) is 1. The summed E-state index contributed by atoms with van der Waals surface area (Å²) in [5.41, 5.74) is 0.972. The fraction of sp³-hybridized carbons (Fsp3) is 0.294. The van der Waals surface area contributed by atoms with Crippen molar-refractivity contribution in [2.24, 2.45) is 0 Å². The molecule has 3 rings (SSSR count). The molecular weight excluding hydrogens is 392 g/mol. The third-order valence-corrected chi connectivity index (χ3v) is 5.21. The van der Waals surface area contributed by atoms with Crippen molar-refractivity contribution >= 4 is 46.1 Å². The predicted octanol–water partition coefficient (Wildman–Crippen LogP) is 2.39. The molecule has 142 valence electrons. The Hall–Kier alpha value is -2.65. The molecule has 1 aliphatic rings. The molecule has 1 N–H and O–H groups in total. The molecule has 0 radical (unpaired) electrons. The molecule has 27 heavy (non-hydrogen) atoms. The summed E-state index contributed by atoms with van der Waals surface area (Å²) in [6, 6.07) is 6.26. The second kappa shape index (κ2) is 8.36. The highest BCUT2D eigenvalue weighted by Gasteiger charge is 2.26. The Bertz CT molecular complexity index is 851. The van der Waals surface area contributed by atoms with Gasteiger partial charge in [-0.05, 0) is 23.6 Å². The van der Waals surface area contributed by atoms with Gasteiger partial charge in [-0.1, -0.05) is 11.6 Å². The molecule has 1 aliphatic heterocycles. The van der Waals surface area contributed by atoms with Crippen molar-refractivity contribution < 1.29 is 14.5 Å². The second-order valence-electron chi connectivity index (χ2n) is 5.95. The number of thiophene rings is 1. The van der Waals surface area contributed by atoms with Gasteiger partial charge in [0.2, 0.25) is 5.91 Å². The third kappa shape index (κ3) is 4.55. The minimum absolute atomic E-state index is 0.0506. The first kappa shape index (κ1) is 19.1. The molecule has 1 fully saturated rings. The molecule has 2 aromatic rings. The molecule has 0 bridgehead atoms. The van der Waals surface area contributed by atoms with Crippen LogP contribution in [0.2, 0.25) is 5.02 Å². The Morgan fingerprint density at radius 1 is 1.22 bits per heavy atom. The number of carbonyl (C=O) groups is 2. The van der Waals surface area contributed by atoms with E-state index >= 15 is 0 Å². The van der Waals surface area contributed by atoms with Crippen molar-refractivity contribution in [3.63, 3.8) is 0 Å². The highest BCUT2D eigenvalue weighted by atomic mass is 35.5. The van der Waals surface area contributed by atoms with E-state index in [4.69, 9.17) is 11.6 Å². The molecule has 2 heterocycles. The van der Waals surface area contributed by atoms with Crippen LogP contribution in [0.15, 0.2) is 35.0 Å². The number of piperazine rings is 1. The number of amides is 2. The summed E-state index contributed by atoms with van der Waals surface area (Å²) in [6.45, 7) is 1.70. The van der Waals surface area contributed by atoms with Crippen LogP contribution in [0, 0.1) is 10.1 Å². The van der Waals surface area contributed by atoms with E-state index in [9.17, 15) is 19.7 Å². The molecule has 1 saturated heterocycles. The van der Waals surface area contributed by atoms with Crippen molar-refractivity contribution in [3.8, 4) is 0 Å². The fourth-order valence-corrected chi connectivity index (χ4v) is 3.67. The van der Waals surface area contributed by atoms with Gasteiger partial charge in [-0.15, -0.1) is 0 Å². The topological polar surface area (TPSA) is 95.8 Å². The van der Waals surface area contributed by atoms with Gasteiger partial charge in [0.05, 0.1) is 11.5 Å². The Morgan fingerprint density at radius 2 is 1.96 bits per heavy atom. The third-order valence-electron chi connectivity index (χ3n) is 4.29.